The van der Waals surface area contributed by atoms with Crippen LogP contribution >= 0.6 is 0 Å². The van der Waals surface area contributed by atoms with Crippen LogP contribution in [0, 0.1) is 0 Å². The molecule has 4 heteroatoms. The van der Waals surface area contributed by atoms with Crippen LogP contribution in [0.2, 0.25) is 18.1 Å². The van der Waals surface area contributed by atoms with E-state index in [4.69, 9.17) is 4.43 Å². The summed E-state index contributed by atoms with van der Waals surface area (Å²) in [6, 6.07) is 9.01. The van der Waals surface area contributed by atoms with E-state index in [0.717, 1.165) is 36.1 Å². The lowest BCUT2D eigenvalue weighted by Crippen LogP contribution is -2.44. The highest BCUT2D eigenvalue weighted by Crippen LogP contribution is 2.43. The summed E-state index contributed by atoms with van der Waals surface area (Å²) in [6.07, 6.45) is 2.76. The van der Waals surface area contributed by atoms with Crippen LogP contribution in [0.3, 0.4) is 0 Å². The average Bonchev–Trinajstić information content (AvgIpc) is 3.08. The van der Waals surface area contributed by atoms with Gasteiger partial charge in [-0.1, -0.05) is 45.0 Å². The van der Waals surface area contributed by atoms with E-state index in [2.05, 4.69) is 33.9 Å². The second-order valence-electron chi connectivity index (χ2n) is 9.17. The van der Waals surface area contributed by atoms with E-state index in [1.54, 1.807) is 12.1 Å². The minimum Gasteiger partial charge on any atom is -0.543 e. The fourth-order valence-electron chi connectivity index (χ4n) is 3.86. The number of fused-ring (bicyclic) bond motifs is 4. The van der Waals surface area contributed by atoms with Gasteiger partial charge in [0.2, 0.25) is 8.32 Å². The summed E-state index contributed by atoms with van der Waals surface area (Å²) >= 11 is 0. The number of ketones is 2. The fourth-order valence-corrected chi connectivity index (χ4v) is 4.90. The standard InChI is InChI=1S/C23H26O3Si/c1-23(2,3)27(4,5)26-19-13-18-20(15-12-8-11-14(15)19)22(25)17-10-7-6-9-16(17)21(18)24/h6-7,9-10,13H,8,11-12H2,1-5H3. The molecule has 27 heavy (non-hydrogen) atoms. The number of hydrogen-bond donors (Lipinski definition) is 0. The first-order chi connectivity index (χ1) is 12.6. The SMILES string of the molecule is CC(C)(C)[Si](C)(C)Oc1cc2c(c3c1CCC3)C(=O)c1ccccc1C2=O. The first-order valence-corrected chi connectivity index (χ1v) is 12.6. The van der Waals surface area contributed by atoms with Crippen molar-refractivity contribution >= 4 is 19.9 Å². The highest BCUT2D eigenvalue weighted by atomic mass is 28.4. The van der Waals surface area contributed by atoms with E-state index < -0.39 is 8.32 Å². The zero-order valence-corrected chi connectivity index (χ0v) is 17.7. The Morgan fingerprint density at radius 2 is 1.48 bits per heavy atom. The lowest BCUT2D eigenvalue weighted by molar-refractivity contribution is 0.0978. The molecule has 0 unspecified atom stereocenters. The Morgan fingerprint density at radius 3 is 2.11 bits per heavy atom. The third-order valence-electron chi connectivity index (χ3n) is 6.42. The molecule has 2 aliphatic rings. The minimum atomic E-state index is -2.04. The number of carbonyl (C=O) groups is 2. The van der Waals surface area contributed by atoms with Crippen LogP contribution in [0.4, 0.5) is 0 Å². The monoisotopic (exact) mass is 378 g/mol. The molecular formula is C23H26O3Si. The molecule has 140 valence electrons. The van der Waals surface area contributed by atoms with Crippen molar-refractivity contribution in [2.45, 2.75) is 58.2 Å². The van der Waals surface area contributed by atoms with Crippen molar-refractivity contribution < 1.29 is 14.0 Å². The van der Waals surface area contributed by atoms with Gasteiger partial charge in [-0.15, -0.1) is 0 Å². The molecule has 0 aliphatic heterocycles. The lowest BCUT2D eigenvalue weighted by atomic mass is 9.80. The summed E-state index contributed by atoms with van der Waals surface area (Å²) < 4.78 is 6.62. The maximum atomic E-state index is 13.2. The van der Waals surface area contributed by atoms with Crippen molar-refractivity contribution in [3.8, 4) is 5.75 Å². The van der Waals surface area contributed by atoms with Gasteiger partial charge in [0.1, 0.15) is 5.75 Å². The smallest absolute Gasteiger partial charge is 0.250 e. The molecule has 0 saturated carbocycles. The average molecular weight is 379 g/mol. The third kappa shape index (κ3) is 2.69. The third-order valence-corrected chi connectivity index (χ3v) is 10.8. The summed E-state index contributed by atoms with van der Waals surface area (Å²) in [5, 5.41) is 0.0703. The molecule has 4 rings (SSSR count). The topological polar surface area (TPSA) is 43.4 Å². The second kappa shape index (κ2) is 5.90. The molecule has 0 amide bonds. The first-order valence-electron chi connectivity index (χ1n) is 9.68. The van der Waals surface area contributed by atoms with Gasteiger partial charge in [0.15, 0.2) is 11.6 Å². The van der Waals surface area contributed by atoms with Crippen LogP contribution < -0.4 is 4.43 Å². The van der Waals surface area contributed by atoms with Crippen molar-refractivity contribution in [2.75, 3.05) is 0 Å². The predicted molar refractivity (Wildman–Crippen MR) is 110 cm³/mol. The van der Waals surface area contributed by atoms with Crippen LogP contribution in [-0.2, 0) is 12.8 Å². The molecule has 0 bridgehead atoms. The Bertz CT molecular complexity index is 980. The van der Waals surface area contributed by atoms with Gasteiger partial charge in [-0.2, -0.15) is 0 Å². The second-order valence-corrected chi connectivity index (χ2v) is 13.9. The zero-order valence-electron chi connectivity index (χ0n) is 16.7. The van der Waals surface area contributed by atoms with Gasteiger partial charge < -0.3 is 4.43 Å². The quantitative estimate of drug-likeness (QED) is 0.566. The number of benzene rings is 2. The maximum Gasteiger partial charge on any atom is 0.250 e. The molecule has 2 aromatic rings. The Labute approximate surface area is 161 Å². The highest BCUT2D eigenvalue weighted by Gasteiger charge is 2.41. The van der Waals surface area contributed by atoms with E-state index in [0.29, 0.717) is 22.3 Å². The highest BCUT2D eigenvalue weighted by molar-refractivity contribution is 6.74. The van der Waals surface area contributed by atoms with Gasteiger partial charge in [-0.25, -0.2) is 0 Å². The van der Waals surface area contributed by atoms with Crippen molar-refractivity contribution in [3.63, 3.8) is 0 Å². The Balaban J connectivity index is 1.91. The van der Waals surface area contributed by atoms with E-state index in [1.165, 1.54) is 0 Å². The van der Waals surface area contributed by atoms with E-state index in [-0.39, 0.29) is 16.6 Å². The van der Waals surface area contributed by atoms with Crippen LogP contribution in [0.1, 0.15) is 70.2 Å². The first kappa shape index (κ1) is 18.2. The van der Waals surface area contributed by atoms with Gasteiger partial charge in [0.25, 0.3) is 0 Å². The van der Waals surface area contributed by atoms with Crippen LogP contribution in [-0.4, -0.2) is 19.9 Å². The van der Waals surface area contributed by atoms with Crippen LogP contribution in [0.5, 0.6) is 5.75 Å². The molecule has 0 aromatic heterocycles. The molecule has 0 heterocycles. The largest absolute Gasteiger partial charge is 0.543 e. The summed E-state index contributed by atoms with van der Waals surface area (Å²) in [6.45, 7) is 11.1. The van der Waals surface area contributed by atoms with E-state index in [9.17, 15) is 9.59 Å². The molecule has 0 N–H and O–H groups in total. The van der Waals surface area contributed by atoms with E-state index in [1.807, 2.05) is 18.2 Å². The Kier molecular flexibility index (Phi) is 3.97. The molecule has 2 aliphatic carbocycles. The molecule has 0 radical (unpaired) electrons. The number of carbonyl (C=O) groups excluding carboxylic acids is 2. The fraction of sp³-hybridized carbons (Fsp3) is 0.391. The molecule has 0 atom stereocenters. The van der Waals surface area contributed by atoms with Gasteiger partial charge in [0, 0.05) is 22.3 Å². The molecule has 0 fully saturated rings. The molecule has 0 saturated heterocycles. The normalized spacial score (nSPS) is 16.0. The van der Waals surface area contributed by atoms with Crippen molar-refractivity contribution in [1.29, 1.82) is 0 Å². The van der Waals surface area contributed by atoms with Gasteiger partial charge in [0.05, 0.1) is 0 Å². The van der Waals surface area contributed by atoms with Gasteiger partial charge >= 0.3 is 0 Å². The zero-order chi connectivity index (χ0) is 19.6. The van der Waals surface area contributed by atoms with Gasteiger partial charge in [-0.3, -0.25) is 9.59 Å². The molecule has 2 aromatic carbocycles. The predicted octanol–water partition coefficient (Wildman–Crippen LogP) is 5.33. The van der Waals surface area contributed by atoms with Crippen molar-refractivity contribution in [3.05, 3.63) is 63.7 Å². The van der Waals surface area contributed by atoms with Gasteiger partial charge in [-0.05, 0) is 54.6 Å². The minimum absolute atomic E-state index is 0.0165. The summed E-state index contributed by atoms with van der Waals surface area (Å²) in [5.74, 6) is 0.751. The molecule has 0 spiro atoms. The summed E-state index contributed by atoms with van der Waals surface area (Å²) in [5.41, 5.74) is 4.35. The number of hydrogen-bond acceptors (Lipinski definition) is 3. The van der Waals surface area contributed by atoms with Crippen molar-refractivity contribution in [2.24, 2.45) is 0 Å². The van der Waals surface area contributed by atoms with Crippen LogP contribution in [0.25, 0.3) is 0 Å². The summed E-state index contributed by atoms with van der Waals surface area (Å²) in [7, 11) is -2.04. The Morgan fingerprint density at radius 1 is 0.889 bits per heavy atom. The Hall–Kier alpha value is -2.20. The maximum absolute atomic E-state index is 13.2. The number of rotatable bonds is 2. The van der Waals surface area contributed by atoms with Crippen molar-refractivity contribution in [1.82, 2.24) is 0 Å². The summed E-state index contributed by atoms with van der Waals surface area (Å²) in [4.78, 5) is 26.4. The lowest BCUT2D eigenvalue weighted by Gasteiger charge is -2.37. The molecular weight excluding hydrogens is 352 g/mol. The van der Waals surface area contributed by atoms with E-state index >= 15 is 0 Å². The van der Waals surface area contributed by atoms with Crippen LogP contribution in [0.15, 0.2) is 30.3 Å². The molecule has 3 nitrogen and oxygen atoms in total.